The molecule has 1 atom stereocenters. The Labute approximate surface area is 87.6 Å². The van der Waals surface area contributed by atoms with Gasteiger partial charge in [-0.1, -0.05) is 32.9 Å². The van der Waals surface area contributed by atoms with E-state index in [0.29, 0.717) is 4.90 Å². The molecule has 0 aliphatic carbocycles. The molecule has 0 fully saturated rings. The monoisotopic (exact) mass is 212 g/mol. The zero-order valence-electron chi connectivity index (χ0n) is 9.00. The van der Waals surface area contributed by atoms with E-state index in [4.69, 9.17) is 4.55 Å². The van der Waals surface area contributed by atoms with Gasteiger partial charge in [0.15, 0.2) is 11.1 Å². The lowest BCUT2D eigenvalue weighted by atomic mass is 9.86. The van der Waals surface area contributed by atoms with Gasteiger partial charge in [0.2, 0.25) is 0 Å². The molecule has 0 aliphatic rings. The summed E-state index contributed by atoms with van der Waals surface area (Å²) in [6.45, 7) is 8.23. The van der Waals surface area contributed by atoms with Crippen LogP contribution in [0.15, 0.2) is 23.1 Å². The molecule has 0 spiro atoms. The lowest BCUT2D eigenvalue weighted by Gasteiger charge is -2.19. The van der Waals surface area contributed by atoms with Crippen LogP contribution >= 0.6 is 0 Å². The minimum absolute atomic E-state index is 0.0836. The first kappa shape index (κ1) is 11.4. The summed E-state index contributed by atoms with van der Waals surface area (Å²) in [6.07, 6.45) is 0. The van der Waals surface area contributed by atoms with E-state index in [2.05, 4.69) is 20.8 Å². The fraction of sp³-hybridized carbons (Fsp3) is 0.455. The van der Waals surface area contributed by atoms with E-state index in [1.807, 2.05) is 19.1 Å². The van der Waals surface area contributed by atoms with Crippen molar-refractivity contribution in [1.29, 1.82) is 0 Å². The van der Waals surface area contributed by atoms with Gasteiger partial charge < -0.3 is 4.55 Å². The van der Waals surface area contributed by atoms with Gasteiger partial charge in [-0.25, -0.2) is 4.21 Å². The third-order valence-corrected chi connectivity index (χ3v) is 3.06. The molecule has 1 aromatic rings. The molecule has 0 saturated heterocycles. The van der Waals surface area contributed by atoms with Crippen LogP contribution in [0, 0.1) is 6.92 Å². The third-order valence-electron chi connectivity index (χ3n) is 2.23. The molecule has 1 aromatic carbocycles. The maximum Gasteiger partial charge on any atom is 0.186 e. The highest BCUT2D eigenvalue weighted by Gasteiger charge is 2.15. The minimum atomic E-state index is -1.88. The Morgan fingerprint density at radius 1 is 1.29 bits per heavy atom. The second kappa shape index (κ2) is 3.83. The van der Waals surface area contributed by atoms with Crippen molar-refractivity contribution in [3.05, 3.63) is 29.3 Å². The highest BCUT2D eigenvalue weighted by Crippen LogP contribution is 2.25. The van der Waals surface area contributed by atoms with Crippen molar-refractivity contribution in [2.24, 2.45) is 0 Å². The Morgan fingerprint density at radius 2 is 1.86 bits per heavy atom. The van der Waals surface area contributed by atoms with Gasteiger partial charge in [-0.2, -0.15) is 0 Å². The molecular formula is C11H16O2S. The van der Waals surface area contributed by atoms with Crippen LogP contribution in [-0.4, -0.2) is 8.76 Å². The van der Waals surface area contributed by atoms with Crippen molar-refractivity contribution in [3.8, 4) is 0 Å². The standard InChI is InChI=1S/C11H16O2S/c1-8-7-9(11(2,3)4)5-6-10(8)14(12)13/h5-7H,1-4H3,(H,12,13). The number of hydrogen-bond acceptors (Lipinski definition) is 1. The number of rotatable bonds is 1. The predicted molar refractivity (Wildman–Crippen MR) is 58.9 cm³/mol. The minimum Gasteiger partial charge on any atom is -0.302 e. The summed E-state index contributed by atoms with van der Waals surface area (Å²) in [7, 11) is 0. The molecule has 1 rings (SSSR count). The summed E-state index contributed by atoms with van der Waals surface area (Å²) in [5.74, 6) is 0. The lowest BCUT2D eigenvalue weighted by Crippen LogP contribution is -2.11. The largest absolute Gasteiger partial charge is 0.302 e. The van der Waals surface area contributed by atoms with Crippen LogP contribution < -0.4 is 0 Å². The van der Waals surface area contributed by atoms with E-state index >= 15 is 0 Å². The van der Waals surface area contributed by atoms with Crippen molar-refractivity contribution < 1.29 is 8.76 Å². The summed E-state index contributed by atoms with van der Waals surface area (Å²) in [4.78, 5) is 0.498. The van der Waals surface area contributed by atoms with Gasteiger partial charge in [-0.15, -0.1) is 0 Å². The molecule has 1 unspecified atom stereocenters. The molecule has 0 radical (unpaired) electrons. The van der Waals surface area contributed by atoms with Crippen molar-refractivity contribution in [3.63, 3.8) is 0 Å². The summed E-state index contributed by atoms with van der Waals surface area (Å²) in [6, 6.07) is 5.62. The topological polar surface area (TPSA) is 37.3 Å². The zero-order valence-corrected chi connectivity index (χ0v) is 9.81. The Kier molecular flexibility index (Phi) is 3.12. The molecular weight excluding hydrogens is 196 g/mol. The third kappa shape index (κ3) is 2.42. The Morgan fingerprint density at radius 3 is 2.21 bits per heavy atom. The zero-order chi connectivity index (χ0) is 10.9. The first-order valence-electron chi connectivity index (χ1n) is 4.54. The van der Waals surface area contributed by atoms with Crippen LogP contribution in [0.25, 0.3) is 0 Å². The molecule has 2 nitrogen and oxygen atoms in total. The fourth-order valence-electron chi connectivity index (χ4n) is 1.31. The van der Waals surface area contributed by atoms with E-state index in [-0.39, 0.29) is 5.41 Å². The van der Waals surface area contributed by atoms with Crippen LogP contribution in [0.2, 0.25) is 0 Å². The van der Waals surface area contributed by atoms with Crippen molar-refractivity contribution >= 4 is 11.1 Å². The first-order valence-corrected chi connectivity index (χ1v) is 5.65. The highest BCUT2D eigenvalue weighted by molar-refractivity contribution is 7.79. The molecule has 0 bridgehead atoms. The van der Waals surface area contributed by atoms with E-state index in [1.165, 1.54) is 5.56 Å². The molecule has 0 amide bonds. The maximum atomic E-state index is 10.9. The smallest absolute Gasteiger partial charge is 0.186 e. The van der Waals surface area contributed by atoms with Crippen molar-refractivity contribution in [2.75, 3.05) is 0 Å². The molecule has 14 heavy (non-hydrogen) atoms. The van der Waals surface area contributed by atoms with Crippen molar-refractivity contribution in [1.82, 2.24) is 0 Å². The van der Waals surface area contributed by atoms with E-state index < -0.39 is 11.1 Å². The average molecular weight is 212 g/mol. The highest BCUT2D eigenvalue weighted by atomic mass is 32.2. The number of benzene rings is 1. The van der Waals surface area contributed by atoms with Gasteiger partial charge in [-0.3, -0.25) is 0 Å². The van der Waals surface area contributed by atoms with Gasteiger partial charge in [0.1, 0.15) is 0 Å². The fourth-order valence-corrected chi connectivity index (χ4v) is 1.83. The molecule has 0 heterocycles. The first-order chi connectivity index (χ1) is 6.32. The van der Waals surface area contributed by atoms with Crippen LogP contribution in [-0.2, 0) is 16.5 Å². The van der Waals surface area contributed by atoms with Crippen molar-refractivity contribution in [2.45, 2.75) is 38.0 Å². The van der Waals surface area contributed by atoms with E-state index in [1.54, 1.807) is 6.07 Å². The molecule has 0 aromatic heterocycles. The summed E-state index contributed by atoms with van der Waals surface area (Å²) >= 11 is -1.88. The quantitative estimate of drug-likeness (QED) is 0.727. The van der Waals surface area contributed by atoms with E-state index in [9.17, 15) is 4.21 Å². The van der Waals surface area contributed by atoms with Gasteiger partial charge in [0.05, 0.1) is 4.90 Å². The predicted octanol–water partition coefficient (Wildman–Crippen LogP) is 2.87. The second-order valence-corrected chi connectivity index (χ2v) is 5.42. The van der Waals surface area contributed by atoms with Gasteiger partial charge >= 0.3 is 0 Å². The van der Waals surface area contributed by atoms with Gasteiger partial charge in [0, 0.05) is 0 Å². The van der Waals surface area contributed by atoms with Crippen LogP contribution in [0.1, 0.15) is 31.9 Å². The van der Waals surface area contributed by atoms with Gasteiger partial charge in [0.25, 0.3) is 0 Å². The summed E-state index contributed by atoms with van der Waals surface area (Å²) < 4.78 is 19.9. The maximum absolute atomic E-state index is 10.9. The molecule has 0 saturated carbocycles. The number of hydrogen-bond donors (Lipinski definition) is 1. The SMILES string of the molecule is Cc1cc(C(C)(C)C)ccc1S(=O)O. The lowest BCUT2D eigenvalue weighted by molar-refractivity contribution is 0.562. The van der Waals surface area contributed by atoms with Crippen LogP contribution in [0.4, 0.5) is 0 Å². The van der Waals surface area contributed by atoms with E-state index in [0.717, 1.165) is 5.56 Å². The summed E-state index contributed by atoms with van der Waals surface area (Å²) in [5, 5.41) is 0. The molecule has 3 heteroatoms. The van der Waals surface area contributed by atoms with Gasteiger partial charge in [-0.05, 0) is 29.5 Å². The van der Waals surface area contributed by atoms with Crippen LogP contribution in [0.5, 0.6) is 0 Å². The number of aryl methyl sites for hydroxylation is 1. The Hall–Kier alpha value is -0.670. The molecule has 1 N–H and O–H groups in total. The Bertz CT molecular complexity index is 364. The normalized spacial score (nSPS) is 14.1. The van der Waals surface area contributed by atoms with Crippen LogP contribution in [0.3, 0.4) is 0 Å². The molecule has 0 aliphatic heterocycles. The Balaban J connectivity index is 3.20. The second-order valence-electron chi connectivity index (χ2n) is 4.48. The average Bonchev–Trinajstić information content (AvgIpc) is 2.01. The summed E-state index contributed by atoms with van der Waals surface area (Å²) in [5.41, 5.74) is 2.14. The molecule has 78 valence electrons.